The van der Waals surface area contributed by atoms with Crippen molar-refractivity contribution in [1.82, 2.24) is 0 Å². The number of esters is 3. The maximum Gasteiger partial charge on any atom is 0.306 e. The highest BCUT2D eigenvalue weighted by atomic mass is 16.6. The largest absolute Gasteiger partial charge is 0.462 e. The van der Waals surface area contributed by atoms with E-state index >= 15 is 0 Å². The molecule has 75 heavy (non-hydrogen) atoms. The number of rotatable bonds is 51. The third-order valence-corrected chi connectivity index (χ3v) is 11.7. The Morgan fingerprint density at radius 1 is 0.267 bits per heavy atom. The fourth-order valence-electron chi connectivity index (χ4n) is 7.39. The molecule has 0 bridgehead atoms. The van der Waals surface area contributed by atoms with Gasteiger partial charge in [0.25, 0.3) is 0 Å². The van der Waals surface area contributed by atoms with Crippen molar-refractivity contribution < 1.29 is 28.6 Å². The summed E-state index contributed by atoms with van der Waals surface area (Å²) >= 11 is 0. The maximum absolute atomic E-state index is 12.9. The predicted molar refractivity (Wildman–Crippen MR) is 325 cm³/mol. The summed E-state index contributed by atoms with van der Waals surface area (Å²) in [5.41, 5.74) is 0. The second-order valence-corrected chi connectivity index (χ2v) is 18.8. The smallest absolute Gasteiger partial charge is 0.306 e. The minimum Gasteiger partial charge on any atom is -0.462 e. The van der Waals surface area contributed by atoms with E-state index in [1.807, 2.05) is 12.2 Å². The summed E-state index contributed by atoms with van der Waals surface area (Å²) in [7, 11) is 0. The molecular formula is C69H106O6. The Labute approximate surface area is 460 Å². The van der Waals surface area contributed by atoms with E-state index in [-0.39, 0.29) is 44.0 Å². The highest BCUT2D eigenvalue weighted by Gasteiger charge is 2.19. The zero-order chi connectivity index (χ0) is 54.3. The highest BCUT2D eigenvalue weighted by Crippen LogP contribution is 2.13. The zero-order valence-electron chi connectivity index (χ0n) is 47.7. The van der Waals surface area contributed by atoms with Crippen molar-refractivity contribution in [2.75, 3.05) is 13.2 Å². The minimum atomic E-state index is -0.833. The van der Waals surface area contributed by atoms with Gasteiger partial charge in [-0.2, -0.15) is 0 Å². The summed E-state index contributed by atoms with van der Waals surface area (Å²) in [5.74, 6) is -1.05. The molecule has 0 fully saturated rings. The Morgan fingerprint density at radius 2 is 0.507 bits per heavy atom. The number of unbranched alkanes of at least 4 members (excludes halogenated alkanes) is 12. The fraction of sp³-hybridized carbons (Fsp3) is 0.551. The van der Waals surface area contributed by atoms with Crippen molar-refractivity contribution >= 4 is 17.9 Å². The summed E-state index contributed by atoms with van der Waals surface area (Å²) in [6.45, 7) is 6.18. The van der Waals surface area contributed by atoms with Crippen LogP contribution < -0.4 is 0 Å². The molecule has 418 valence electrons. The van der Waals surface area contributed by atoms with Crippen molar-refractivity contribution in [3.05, 3.63) is 170 Å². The van der Waals surface area contributed by atoms with Crippen LogP contribution in [0.5, 0.6) is 0 Å². The van der Waals surface area contributed by atoms with Gasteiger partial charge >= 0.3 is 17.9 Å². The molecule has 0 aliphatic carbocycles. The first-order valence-corrected chi connectivity index (χ1v) is 29.6. The number of ether oxygens (including phenoxy) is 3. The van der Waals surface area contributed by atoms with Crippen LogP contribution in [0.1, 0.15) is 226 Å². The summed E-state index contributed by atoms with van der Waals surface area (Å²) in [5, 5.41) is 0. The summed E-state index contributed by atoms with van der Waals surface area (Å²) < 4.78 is 16.8. The van der Waals surface area contributed by atoms with Gasteiger partial charge in [0.15, 0.2) is 6.10 Å². The van der Waals surface area contributed by atoms with E-state index in [0.29, 0.717) is 12.8 Å². The van der Waals surface area contributed by atoms with Crippen LogP contribution in [-0.4, -0.2) is 37.2 Å². The number of carbonyl (C=O) groups excluding carboxylic acids is 3. The summed E-state index contributed by atoms with van der Waals surface area (Å²) in [4.78, 5) is 38.2. The Hall–Kier alpha value is -5.23. The fourth-order valence-corrected chi connectivity index (χ4v) is 7.39. The number of carbonyl (C=O) groups is 3. The first-order valence-electron chi connectivity index (χ1n) is 29.6. The Morgan fingerprint density at radius 3 is 0.827 bits per heavy atom. The number of allylic oxidation sites excluding steroid dienone is 28. The van der Waals surface area contributed by atoms with Gasteiger partial charge in [-0.3, -0.25) is 14.4 Å². The number of hydrogen-bond donors (Lipinski definition) is 0. The van der Waals surface area contributed by atoms with Crippen LogP contribution in [-0.2, 0) is 28.6 Å². The van der Waals surface area contributed by atoms with Gasteiger partial charge in [-0.1, -0.05) is 242 Å². The van der Waals surface area contributed by atoms with Crippen molar-refractivity contribution in [3.63, 3.8) is 0 Å². The normalized spacial score (nSPS) is 13.4. The molecule has 0 N–H and O–H groups in total. The molecule has 0 aromatic heterocycles. The van der Waals surface area contributed by atoms with E-state index in [9.17, 15) is 14.4 Å². The molecule has 0 aliphatic heterocycles. The zero-order valence-corrected chi connectivity index (χ0v) is 47.7. The van der Waals surface area contributed by atoms with E-state index in [2.05, 4.69) is 179 Å². The molecule has 0 amide bonds. The SMILES string of the molecule is CC/C=C\C/C=C\C/C=C\C/C=C\C/C=C\C/C=C\CCCCCCCCCCC(=O)OCC(COC(=O)CC/C=C\C/C=C\C/C=C\C/C=C\CC)OC(=O)CCCCCC/C=C\C/C=C\C/C=C\C/C=C\CC. The molecule has 0 rings (SSSR count). The van der Waals surface area contributed by atoms with Gasteiger partial charge in [0.1, 0.15) is 13.2 Å². The van der Waals surface area contributed by atoms with E-state index < -0.39 is 6.10 Å². The molecule has 0 radical (unpaired) electrons. The van der Waals surface area contributed by atoms with Crippen molar-refractivity contribution in [2.24, 2.45) is 0 Å². The van der Waals surface area contributed by atoms with Crippen LogP contribution in [0.25, 0.3) is 0 Å². The van der Waals surface area contributed by atoms with Crippen LogP contribution >= 0.6 is 0 Å². The van der Waals surface area contributed by atoms with Crippen molar-refractivity contribution in [3.8, 4) is 0 Å². The summed E-state index contributed by atoms with van der Waals surface area (Å²) in [6, 6.07) is 0. The molecule has 0 aliphatic rings. The Balaban J connectivity index is 4.45. The van der Waals surface area contributed by atoms with E-state index in [4.69, 9.17) is 14.2 Å². The Bertz CT molecular complexity index is 1750. The minimum absolute atomic E-state index is 0.123. The van der Waals surface area contributed by atoms with Gasteiger partial charge in [-0.25, -0.2) is 0 Å². The second-order valence-electron chi connectivity index (χ2n) is 18.8. The van der Waals surface area contributed by atoms with Crippen LogP contribution in [0.3, 0.4) is 0 Å². The van der Waals surface area contributed by atoms with Crippen molar-refractivity contribution in [1.29, 1.82) is 0 Å². The summed E-state index contributed by atoms with van der Waals surface area (Å²) in [6.07, 6.45) is 90.8. The predicted octanol–water partition coefficient (Wildman–Crippen LogP) is 20.3. The van der Waals surface area contributed by atoms with Gasteiger partial charge in [0.05, 0.1) is 0 Å². The van der Waals surface area contributed by atoms with Gasteiger partial charge in [0.2, 0.25) is 0 Å². The van der Waals surface area contributed by atoms with E-state index in [1.165, 1.54) is 32.1 Å². The average Bonchev–Trinajstić information content (AvgIpc) is 3.41. The molecule has 0 saturated carbocycles. The molecule has 0 spiro atoms. The quantitative estimate of drug-likeness (QED) is 0.0261. The molecule has 6 heteroatoms. The first kappa shape index (κ1) is 69.8. The van der Waals surface area contributed by atoms with Crippen LogP contribution in [0.15, 0.2) is 170 Å². The lowest BCUT2D eigenvalue weighted by molar-refractivity contribution is -0.166. The molecule has 1 atom stereocenters. The molecule has 0 aromatic rings. The van der Waals surface area contributed by atoms with Crippen molar-refractivity contribution in [2.45, 2.75) is 232 Å². The first-order chi connectivity index (χ1) is 37.0. The lowest BCUT2D eigenvalue weighted by atomic mass is 10.1. The topological polar surface area (TPSA) is 78.9 Å². The molecule has 6 nitrogen and oxygen atoms in total. The van der Waals surface area contributed by atoms with Crippen LogP contribution in [0, 0.1) is 0 Å². The van der Waals surface area contributed by atoms with Gasteiger partial charge in [0, 0.05) is 19.3 Å². The molecule has 1 unspecified atom stereocenters. The third kappa shape index (κ3) is 59.5. The van der Waals surface area contributed by atoms with E-state index in [0.717, 1.165) is 148 Å². The van der Waals surface area contributed by atoms with Gasteiger partial charge < -0.3 is 14.2 Å². The lowest BCUT2D eigenvalue weighted by Gasteiger charge is -2.18. The Kier molecular flexibility index (Phi) is 57.0. The maximum atomic E-state index is 12.9. The monoisotopic (exact) mass is 1030 g/mol. The van der Waals surface area contributed by atoms with Crippen LogP contribution in [0.2, 0.25) is 0 Å². The molecule has 0 heterocycles. The average molecular weight is 1030 g/mol. The van der Waals surface area contributed by atoms with Crippen LogP contribution in [0.4, 0.5) is 0 Å². The molecule has 0 aromatic carbocycles. The highest BCUT2D eigenvalue weighted by molar-refractivity contribution is 5.71. The van der Waals surface area contributed by atoms with Gasteiger partial charge in [-0.05, 0) is 135 Å². The second kappa shape index (κ2) is 61.3. The molecular weight excluding hydrogens is 925 g/mol. The standard InChI is InChI=1S/C69H106O6/c1-4-7-10-13-16-19-22-25-27-29-30-31-32-33-34-35-36-37-38-40-41-44-47-50-53-56-59-62-68(71)74-65-66(64-73-67(70)61-58-55-52-49-46-43-24-21-18-15-12-9-6-3)75-69(72)63-60-57-54-51-48-45-42-39-28-26-23-20-17-14-11-8-5-2/h7-12,16-21,25-28,30-31,33-34,36-37,42-43,45-46,52,55,66H,4-6,13-15,22-24,29,32,35,38-41,44,47-51,53-54,56-65H2,1-3H3/b10-7-,11-8-,12-9-,19-16-,20-17-,21-18-,27-25-,28-26-,31-30-,34-33-,37-36-,45-42-,46-43-,55-52-. The van der Waals surface area contributed by atoms with E-state index in [1.54, 1.807) is 0 Å². The lowest BCUT2D eigenvalue weighted by Crippen LogP contribution is -2.30. The number of hydrogen-bond acceptors (Lipinski definition) is 6. The molecule has 0 saturated heterocycles. The van der Waals surface area contributed by atoms with Gasteiger partial charge in [-0.15, -0.1) is 0 Å². The third-order valence-electron chi connectivity index (χ3n) is 11.7.